The maximum absolute atomic E-state index is 13.4. The second-order valence-electron chi connectivity index (χ2n) is 3.88. The van der Waals surface area contributed by atoms with Crippen LogP contribution in [0.3, 0.4) is 0 Å². The highest BCUT2D eigenvalue weighted by Crippen LogP contribution is 2.36. The molecule has 7 heteroatoms. The molecule has 0 atom stereocenters. The van der Waals surface area contributed by atoms with E-state index in [1.165, 1.54) is 24.3 Å². The Balaban J connectivity index is 2.37. The average Bonchev–Trinajstić information content (AvgIpc) is 2.40. The van der Waals surface area contributed by atoms with E-state index in [-0.39, 0.29) is 27.5 Å². The summed E-state index contributed by atoms with van der Waals surface area (Å²) in [6.07, 6.45) is 0. The van der Waals surface area contributed by atoms with Gasteiger partial charge in [0.05, 0.1) is 4.92 Å². The Kier molecular flexibility index (Phi) is 4.57. The van der Waals surface area contributed by atoms with Crippen molar-refractivity contribution in [2.75, 3.05) is 0 Å². The molecule has 0 amide bonds. The lowest BCUT2D eigenvalue weighted by Gasteiger charge is -2.09. The molecule has 20 heavy (non-hydrogen) atoms. The van der Waals surface area contributed by atoms with Gasteiger partial charge in [-0.05, 0) is 39.7 Å². The Bertz CT molecular complexity index is 666. The molecular weight excluding hydrogens is 353 g/mol. The summed E-state index contributed by atoms with van der Waals surface area (Å²) < 4.78 is 19.0. The van der Waals surface area contributed by atoms with Crippen LogP contribution in [0.4, 0.5) is 10.1 Å². The van der Waals surface area contributed by atoms with Crippen molar-refractivity contribution >= 4 is 33.2 Å². The summed E-state index contributed by atoms with van der Waals surface area (Å²) in [5, 5.41) is 10.8. The molecule has 0 heterocycles. The fourth-order valence-electron chi connectivity index (χ4n) is 1.60. The zero-order valence-corrected chi connectivity index (χ0v) is 12.3. The number of nitro groups is 1. The molecular formula is C13H8BrClFNO3. The molecule has 0 saturated carbocycles. The van der Waals surface area contributed by atoms with Crippen LogP contribution < -0.4 is 4.74 Å². The second-order valence-corrected chi connectivity index (χ2v) is 4.94. The highest BCUT2D eigenvalue weighted by atomic mass is 79.9. The van der Waals surface area contributed by atoms with Gasteiger partial charge >= 0.3 is 0 Å². The van der Waals surface area contributed by atoms with Crippen molar-refractivity contribution in [3.05, 3.63) is 62.4 Å². The molecule has 0 fully saturated rings. The molecule has 2 aromatic rings. The first-order valence-electron chi connectivity index (χ1n) is 5.47. The van der Waals surface area contributed by atoms with Crippen molar-refractivity contribution < 1.29 is 14.1 Å². The molecule has 4 nitrogen and oxygen atoms in total. The first-order chi connectivity index (χ1) is 9.51. The lowest BCUT2D eigenvalue weighted by Crippen LogP contribution is -1.93. The third-order valence-corrected chi connectivity index (χ3v) is 3.56. The van der Waals surface area contributed by atoms with E-state index in [9.17, 15) is 14.5 Å². The number of ether oxygens (including phenoxy) is 1. The fourth-order valence-corrected chi connectivity index (χ4v) is 2.25. The van der Waals surface area contributed by atoms with Crippen molar-refractivity contribution in [1.82, 2.24) is 0 Å². The van der Waals surface area contributed by atoms with Crippen LogP contribution in [-0.2, 0) is 5.88 Å². The van der Waals surface area contributed by atoms with Gasteiger partial charge < -0.3 is 4.74 Å². The van der Waals surface area contributed by atoms with Crippen LogP contribution in [0.25, 0.3) is 0 Å². The van der Waals surface area contributed by atoms with Crippen molar-refractivity contribution in [3.8, 4) is 11.5 Å². The van der Waals surface area contributed by atoms with Crippen LogP contribution in [0.2, 0.25) is 0 Å². The van der Waals surface area contributed by atoms with Gasteiger partial charge in [-0.2, -0.15) is 0 Å². The van der Waals surface area contributed by atoms with E-state index in [1.54, 1.807) is 12.1 Å². The molecule has 104 valence electrons. The van der Waals surface area contributed by atoms with E-state index in [2.05, 4.69) is 15.9 Å². The third kappa shape index (κ3) is 3.26. The number of rotatable bonds is 4. The summed E-state index contributed by atoms with van der Waals surface area (Å²) in [7, 11) is 0. The lowest BCUT2D eigenvalue weighted by atomic mass is 10.2. The summed E-state index contributed by atoms with van der Waals surface area (Å²) in [5.74, 6) is 0.108. The molecule has 0 aliphatic carbocycles. The van der Waals surface area contributed by atoms with E-state index in [1.807, 2.05) is 0 Å². The summed E-state index contributed by atoms with van der Waals surface area (Å²) in [4.78, 5) is 10.3. The Hall–Kier alpha value is -1.66. The van der Waals surface area contributed by atoms with Crippen LogP contribution in [0.5, 0.6) is 11.5 Å². The van der Waals surface area contributed by atoms with Gasteiger partial charge in [0.15, 0.2) is 0 Å². The summed E-state index contributed by atoms with van der Waals surface area (Å²) in [5.41, 5.74) is 0.430. The molecule has 0 spiro atoms. The summed E-state index contributed by atoms with van der Waals surface area (Å²) in [6, 6.07) is 8.42. The molecule has 0 saturated heterocycles. The van der Waals surface area contributed by atoms with E-state index in [0.717, 1.165) is 0 Å². The van der Waals surface area contributed by atoms with Crippen LogP contribution >= 0.6 is 27.5 Å². The average molecular weight is 361 g/mol. The first kappa shape index (κ1) is 14.7. The van der Waals surface area contributed by atoms with Crippen molar-refractivity contribution in [1.29, 1.82) is 0 Å². The van der Waals surface area contributed by atoms with Crippen molar-refractivity contribution in [3.63, 3.8) is 0 Å². The van der Waals surface area contributed by atoms with Crippen LogP contribution in [0.1, 0.15) is 5.56 Å². The largest absolute Gasteiger partial charge is 0.456 e. The number of benzene rings is 2. The predicted molar refractivity (Wildman–Crippen MR) is 76.8 cm³/mol. The van der Waals surface area contributed by atoms with Gasteiger partial charge in [0.25, 0.3) is 5.69 Å². The van der Waals surface area contributed by atoms with Gasteiger partial charge in [0.1, 0.15) is 21.8 Å². The highest BCUT2D eigenvalue weighted by molar-refractivity contribution is 9.10. The normalized spacial score (nSPS) is 10.3. The van der Waals surface area contributed by atoms with E-state index in [0.29, 0.717) is 5.56 Å². The number of nitro benzene ring substituents is 1. The van der Waals surface area contributed by atoms with Crippen molar-refractivity contribution in [2.45, 2.75) is 5.88 Å². The van der Waals surface area contributed by atoms with Crippen LogP contribution in [0.15, 0.2) is 40.9 Å². The number of halogens is 3. The maximum Gasteiger partial charge on any atom is 0.287 e. The molecule has 0 radical (unpaired) electrons. The topological polar surface area (TPSA) is 52.4 Å². The molecule has 0 N–H and O–H groups in total. The summed E-state index contributed by atoms with van der Waals surface area (Å²) in [6.45, 7) is 0. The Morgan fingerprint density at radius 3 is 2.75 bits per heavy atom. The molecule has 0 bridgehead atoms. The van der Waals surface area contributed by atoms with Gasteiger partial charge in [-0.3, -0.25) is 10.1 Å². The van der Waals surface area contributed by atoms with E-state index >= 15 is 0 Å². The van der Waals surface area contributed by atoms with E-state index in [4.69, 9.17) is 16.3 Å². The molecule has 0 aromatic heterocycles. The first-order valence-corrected chi connectivity index (χ1v) is 6.80. The van der Waals surface area contributed by atoms with Gasteiger partial charge in [-0.1, -0.05) is 6.07 Å². The quantitative estimate of drug-likeness (QED) is 0.436. The van der Waals surface area contributed by atoms with Gasteiger partial charge in [-0.15, -0.1) is 11.6 Å². The molecule has 2 aromatic carbocycles. The number of hydrogen-bond donors (Lipinski definition) is 0. The minimum absolute atomic E-state index is 0.128. The standard InChI is InChI=1S/C13H8BrClFNO3/c14-13-11(17(18)19)2-1-3-12(13)20-10-5-8(7-15)4-9(16)6-10/h1-6H,7H2. The number of alkyl halides is 1. The Labute approximate surface area is 127 Å². The van der Waals surface area contributed by atoms with Crippen LogP contribution in [0, 0.1) is 15.9 Å². The predicted octanol–water partition coefficient (Wildman–Crippen LogP) is 5.03. The molecule has 0 aliphatic rings. The van der Waals surface area contributed by atoms with Crippen LogP contribution in [-0.4, -0.2) is 4.92 Å². The zero-order valence-electron chi connectivity index (χ0n) is 9.98. The van der Waals surface area contributed by atoms with Crippen molar-refractivity contribution in [2.24, 2.45) is 0 Å². The van der Waals surface area contributed by atoms with Gasteiger partial charge in [0, 0.05) is 18.0 Å². The second kappa shape index (κ2) is 6.19. The van der Waals surface area contributed by atoms with Gasteiger partial charge in [0.2, 0.25) is 0 Å². The summed E-state index contributed by atoms with van der Waals surface area (Å²) >= 11 is 8.76. The zero-order chi connectivity index (χ0) is 14.7. The minimum Gasteiger partial charge on any atom is -0.456 e. The molecule has 0 aliphatic heterocycles. The number of hydrogen-bond acceptors (Lipinski definition) is 3. The Morgan fingerprint density at radius 1 is 1.35 bits per heavy atom. The highest BCUT2D eigenvalue weighted by Gasteiger charge is 2.16. The Morgan fingerprint density at radius 2 is 2.10 bits per heavy atom. The lowest BCUT2D eigenvalue weighted by molar-refractivity contribution is -0.385. The number of nitrogens with zero attached hydrogens (tertiary/aromatic N) is 1. The third-order valence-electron chi connectivity index (χ3n) is 2.45. The smallest absolute Gasteiger partial charge is 0.287 e. The molecule has 0 unspecified atom stereocenters. The monoisotopic (exact) mass is 359 g/mol. The minimum atomic E-state index is -0.535. The van der Waals surface area contributed by atoms with Gasteiger partial charge in [-0.25, -0.2) is 4.39 Å². The molecule has 2 rings (SSSR count). The van der Waals surface area contributed by atoms with E-state index < -0.39 is 10.7 Å². The fraction of sp³-hybridized carbons (Fsp3) is 0.0769. The SMILES string of the molecule is O=[N+]([O-])c1cccc(Oc2cc(F)cc(CCl)c2)c1Br. The maximum atomic E-state index is 13.4.